The quantitative estimate of drug-likeness (QED) is 0.446. The van der Waals surface area contributed by atoms with Gasteiger partial charge in [-0.25, -0.2) is 13.4 Å². The van der Waals surface area contributed by atoms with E-state index in [2.05, 4.69) is 10.3 Å². The molecule has 1 amide bonds. The average Bonchev–Trinajstić information content (AvgIpc) is 3.17. The van der Waals surface area contributed by atoms with Crippen LogP contribution in [0.1, 0.15) is 24.8 Å². The van der Waals surface area contributed by atoms with E-state index in [1.54, 1.807) is 0 Å². The van der Waals surface area contributed by atoms with Crippen LogP contribution in [-0.2, 0) is 14.6 Å². The van der Waals surface area contributed by atoms with E-state index in [1.165, 1.54) is 12.1 Å². The van der Waals surface area contributed by atoms with Crippen molar-refractivity contribution < 1.29 is 18.1 Å². The molecule has 0 saturated carbocycles. The zero-order valence-electron chi connectivity index (χ0n) is 15.3. The maximum Gasteiger partial charge on any atom is 0.269 e. The van der Waals surface area contributed by atoms with E-state index < -0.39 is 14.8 Å². The molecule has 3 rings (SSSR count). The summed E-state index contributed by atoms with van der Waals surface area (Å²) in [7, 11) is -3.88. The Morgan fingerprint density at radius 2 is 1.83 bits per heavy atom. The summed E-state index contributed by atoms with van der Waals surface area (Å²) in [5.74, 6) is -0.269. The monoisotopic (exact) mass is 431 g/mol. The van der Waals surface area contributed by atoms with Gasteiger partial charge in [-0.3, -0.25) is 14.9 Å². The summed E-state index contributed by atoms with van der Waals surface area (Å²) in [5, 5.41) is 13.5. The highest BCUT2D eigenvalue weighted by Crippen LogP contribution is 2.30. The van der Waals surface area contributed by atoms with Crippen LogP contribution in [0.2, 0.25) is 0 Å². The van der Waals surface area contributed by atoms with Gasteiger partial charge in [0.2, 0.25) is 15.7 Å². The van der Waals surface area contributed by atoms with Crippen molar-refractivity contribution in [1.82, 2.24) is 4.98 Å². The number of benzene rings is 2. The first-order valence-electron chi connectivity index (χ1n) is 8.57. The van der Waals surface area contributed by atoms with Gasteiger partial charge in [-0.05, 0) is 23.6 Å². The van der Waals surface area contributed by atoms with E-state index in [-0.39, 0.29) is 38.2 Å². The fourth-order valence-electron chi connectivity index (χ4n) is 2.65. The fraction of sp³-hybridized carbons (Fsp3) is 0.158. The summed E-state index contributed by atoms with van der Waals surface area (Å²) >= 11 is 0.831. The first kappa shape index (κ1) is 20.6. The number of aromatic nitrogens is 1. The lowest BCUT2D eigenvalue weighted by atomic mass is 9.98. The van der Waals surface area contributed by atoms with Crippen LogP contribution in [0.25, 0.3) is 0 Å². The molecular weight excluding hydrogens is 414 g/mol. The number of sulfone groups is 1. The minimum absolute atomic E-state index is 0.000486. The molecule has 150 valence electrons. The lowest BCUT2D eigenvalue weighted by Gasteiger charge is -2.10. The molecule has 0 fully saturated rings. The van der Waals surface area contributed by atoms with Crippen molar-refractivity contribution in [2.45, 2.75) is 28.4 Å². The number of anilines is 1. The molecule has 1 aromatic heterocycles. The summed E-state index contributed by atoms with van der Waals surface area (Å²) in [6, 6.07) is 14.2. The van der Waals surface area contributed by atoms with Crippen LogP contribution in [0, 0.1) is 10.1 Å². The highest BCUT2D eigenvalue weighted by molar-refractivity contribution is 7.93. The molecule has 0 bridgehead atoms. The van der Waals surface area contributed by atoms with Gasteiger partial charge in [-0.2, -0.15) is 0 Å². The molecule has 0 aliphatic heterocycles. The van der Waals surface area contributed by atoms with Gasteiger partial charge >= 0.3 is 0 Å². The topological polar surface area (TPSA) is 119 Å². The van der Waals surface area contributed by atoms with Crippen LogP contribution in [0.15, 0.2) is 69.9 Å². The first-order valence-corrected chi connectivity index (χ1v) is 10.9. The smallest absolute Gasteiger partial charge is 0.269 e. The van der Waals surface area contributed by atoms with Crippen molar-refractivity contribution in [3.63, 3.8) is 0 Å². The standard InChI is InChI=1S/C19H17N3O5S2/c1-13(14-5-3-2-4-6-14)11-17(23)21-19-20-12-18(28-19)29(26,27)16-9-7-15(8-10-16)22(24)25/h2-10,12-13H,11H2,1H3,(H,20,21,23). The Bertz CT molecular complexity index is 1130. The number of nitro groups is 1. The zero-order chi connectivity index (χ0) is 21.0. The Labute approximate surface area is 171 Å². The lowest BCUT2D eigenvalue weighted by molar-refractivity contribution is -0.384. The van der Waals surface area contributed by atoms with Crippen LogP contribution in [0.5, 0.6) is 0 Å². The highest BCUT2D eigenvalue weighted by Gasteiger charge is 2.22. The third-order valence-corrected chi connectivity index (χ3v) is 7.36. The second-order valence-electron chi connectivity index (χ2n) is 6.30. The van der Waals surface area contributed by atoms with E-state index in [4.69, 9.17) is 0 Å². The van der Waals surface area contributed by atoms with Crippen molar-refractivity contribution in [2.24, 2.45) is 0 Å². The molecule has 2 aromatic carbocycles. The minimum atomic E-state index is -3.88. The minimum Gasteiger partial charge on any atom is -0.302 e. The SMILES string of the molecule is CC(CC(=O)Nc1ncc(S(=O)(=O)c2ccc([N+](=O)[O-])cc2)s1)c1ccccc1. The second-order valence-corrected chi connectivity index (χ2v) is 9.51. The van der Waals surface area contributed by atoms with Crippen molar-refractivity contribution in [2.75, 3.05) is 5.32 Å². The van der Waals surface area contributed by atoms with Crippen LogP contribution in [0.4, 0.5) is 10.8 Å². The predicted octanol–water partition coefficient (Wildman–Crippen LogP) is 4.02. The van der Waals surface area contributed by atoms with Crippen molar-refractivity contribution in [1.29, 1.82) is 0 Å². The highest BCUT2D eigenvalue weighted by atomic mass is 32.2. The number of rotatable bonds is 7. The van der Waals surface area contributed by atoms with Crippen LogP contribution < -0.4 is 5.32 Å². The summed E-state index contributed by atoms with van der Waals surface area (Å²) in [5.41, 5.74) is 0.831. The molecule has 1 heterocycles. The van der Waals surface area contributed by atoms with Gasteiger partial charge in [0.1, 0.15) is 4.21 Å². The number of thiazole rings is 1. The summed E-state index contributed by atoms with van der Waals surface area (Å²) in [4.78, 5) is 26.3. The summed E-state index contributed by atoms with van der Waals surface area (Å²) in [6.07, 6.45) is 1.39. The molecule has 0 aliphatic carbocycles. The molecular formula is C19H17N3O5S2. The van der Waals surface area contributed by atoms with E-state index >= 15 is 0 Å². The summed E-state index contributed by atoms with van der Waals surface area (Å²) in [6.45, 7) is 1.93. The number of amides is 1. The van der Waals surface area contributed by atoms with Crippen molar-refractivity contribution in [3.05, 3.63) is 76.5 Å². The van der Waals surface area contributed by atoms with Gasteiger partial charge in [0.05, 0.1) is 16.0 Å². The Morgan fingerprint density at radius 1 is 1.17 bits per heavy atom. The average molecular weight is 431 g/mol. The number of nitrogens with zero attached hydrogens (tertiary/aromatic N) is 2. The van der Waals surface area contributed by atoms with Crippen LogP contribution >= 0.6 is 11.3 Å². The van der Waals surface area contributed by atoms with Gasteiger partial charge in [0.25, 0.3) is 5.69 Å². The molecule has 0 spiro atoms. The first-order chi connectivity index (χ1) is 13.8. The van der Waals surface area contributed by atoms with Crippen molar-refractivity contribution in [3.8, 4) is 0 Å². The Hall–Kier alpha value is -3.11. The van der Waals surface area contributed by atoms with E-state index in [9.17, 15) is 23.3 Å². The molecule has 0 saturated heterocycles. The summed E-state index contributed by atoms with van der Waals surface area (Å²) < 4.78 is 25.3. The normalized spacial score (nSPS) is 12.3. The third-order valence-electron chi connectivity index (χ3n) is 4.21. The number of non-ortho nitro benzene ring substituents is 1. The molecule has 29 heavy (non-hydrogen) atoms. The molecule has 1 unspecified atom stereocenters. The Balaban J connectivity index is 1.69. The maximum absolute atomic E-state index is 12.7. The van der Waals surface area contributed by atoms with Gasteiger partial charge in [0.15, 0.2) is 5.13 Å². The van der Waals surface area contributed by atoms with Gasteiger partial charge in [-0.15, -0.1) is 0 Å². The zero-order valence-corrected chi connectivity index (χ0v) is 16.9. The number of nitrogens with one attached hydrogen (secondary N) is 1. The molecule has 10 heteroatoms. The van der Waals surface area contributed by atoms with Gasteiger partial charge in [0, 0.05) is 18.6 Å². The fourth-order valence-corrected chi connectivity index (χ4v) is 5.10. The van der Waals surface area contributed by atoms with Crippen molar-refractivity contribution >= 4 is 37.9 Å². The Kier molecular flexibility index (Phi) is 6.04. The predicted molar refractivity (Wildman–Crippen MR) is 109 cm³/mol. The van der Waals surface area contributed by atoms with E-state index in [0.717, 1.165) is 35.2 Å². The number of hydrogen-bond acceptors (Lipinski definition) is 7. The van der Waals surface area contributed by atoms with Gasteiger partial charge < -0.3 is 5.32 Å². The third kappa shape index (κ3) is 4.84. The molecule has 1 N–H and O–H groups in total. The number of carbonyl (C=O) groups is 1. The van der Waals surface area contributed by atoms with Crippen LogP contribution in [0.3, 0.4) is 0 Å². The Morgan fingerprint density at radius 3 is 2.45 bits per heavy atom. The number of hydrogen-bond donors (Lipinski definition) is 1. The number of carbonyl (C=O) groups excluding carboxylic acids is 1. The lowest BCUT2D eigenvalue weighted by Crippen LogP contribution is -2.14. The molecule has 0 radical (unpaired) electrons. The second kappa shape index (κ2) is 8.50. The molecule has 8 nitrogen and oxygen atoms in total. The largest absolute Gasteiger partial charge is 0.302 e. The van der Waals surface area contributed by atoms with Crippen LogP contribution in [-0.4, -0.2) is 24.2 Å². The molecule has 1 atom stereocenters. The van der Waals surface area contributed by atoms with E-state index in [1.807, 2.05) is 37.3 Å². The number of nitro benzene ring substituents is 1. The molecule has 3 aromatic rings. The maximum atomic E-state index is 12.7. The van der Waals surface area contributed by atoms with Gasteiger partial charge in [-0.1, -0.05) is 48.6 Å². The molecule has 0 aliphatic rings. The van der Waals surface area contributed by atoms with E-state index in [0.29, 0.717) is 0 Å².